The first-order valence-electron chi connectivity index (χ1n) is 19.0. The third kappa shape index (κ3) is 8.28. The summed E-state index contributed by atoms with van der Waals surface area (Å²) in [5, 5.41) is 9.10. The second-order valence-electron chi connectivity index (χ2n) is 16.2. The van der Waals surface area contributed by atoms with Crippen molar-refractivity contribution < 1.29 is 43.2 Å². The first-order chi connectivity index (χ1) is 25.7. The van der Waals surface area contributed by atoms with Crippen molar-refractivity contribution in [1.82, 2.24) is 9.88 Å². The predicted molar refractivity (Wildman–Crippen MR) is 207 cm³/mol. The first kappa shape index (κ1) is 39.6. The number of amides is 1. The van der Waals surface area contributed by atoms with Gasteiger partial charge in [0.1, 0.15) is 23.7 Å². The number of esters is 1. The number of aliphatic hydroxyl groups is 1. The minimum Gasteiger partial charge on any atom is -0.497 e. The molecule has 1 aromatic heterocycles. The fraction of sp³-hybridized carbons (Fsp3) is 0.524. The van der Waals surface area contributed by atoms with E-state index in [1.165, 1.54) is 4.90 Å². The lowest BCUT2D eigenvalue weighted by Gasteiger charge is -2.35. The van der Waals surface area contributed by atoms with Gasteiger partial charge in [0.25, 0.3) is 0 Å². The van der Waals surface area contributed by atoms with Crippen molar-refractivity contribution in [2.75, 3.05) is 26.4 Å². The highest BCUT2D eigenvalue weighted by Crippen LogP contribution is 2.72. The van der Waals surface area contributed by atoms with E-state index in [1.54, 1.807) is 13.2 Å². The lowest BCUT2D eigenvalue weighted by molar-refractivity contribution is -0.156. The lowest BCUT2D eigenvalue weighted by Crippen LogP contribution is -2.48. The van der Waals surface area contributed by atoms with E-state index in [4.69, 9.17) is 19.2 Å². The van der Waals surface area contributed by atoms with E-state index in [2.05, 4.69) is 6.58 Å². The number of pyridine rings is 1. The van der Waals surface area contributed by atoms with Gasteiger partial charge < -0.3 is 29.1 Å². The molecule has 2 heterocycles. The van der Waals surface area contributed by atoms with Crippen LogP contribution in [0.2, 0.25) is 0 Å². The smallest absolute Gasteiger partial charge is 0.306 e. The summed E-state index contributed by atoms with van der Waals surface area (Å²) in [5.41, 5.74) is 1.54. The normalized spacial score (nSPS) is 24.5. The van der Waals surface area contributed by atoms with E-state index in [0.717, 1.165) is 36.6 Å². The van der Waals surface area contributed by atoms with E-state index >= 15 is 0 Å². The fourth-order valence-electron chi connectivity index (χ4n) is 8.27. The van der Waals surface area contributed by atoms with Gasteiger partial charge in [-0.05, 0) is 55.6 Å². The van der Waals surface area contributed by atoms with E-state index in [0.29, 0.717) is 29.1 Å². The van der Waals surface area contributed by atoms with Gasteiger partial charge in [-0.1, -0.05) is 57.2 Å². The van der Waals surface area contributed by atoms with Crippen molar-refractivity contribution >= 4 is 35.9 Å². The number of Topliss-reactive ketones (excluding diaryl/α,β-unsaturated/α-hetero) is 1. The standard InChI is InChI=1S/C42H53N2O9P/c1-6-28-24-42(28,54(49,50)19-18-45)25-37(46)36-21-31(26-44(36)40(48)33(41(2,3)4)22-39(47)53-29-14-10-11-15-29)52-38-23-34(27-12-8-7-9-13-27)43-35-20-30(51-5)16-17-32(35)38/h6-9,12-13,16-17,20,23,28-29,31,33,36,45H,1,10-11,14-15,18-19,21-22,24-26H2,2-5H3,(H,49,50)/t28-,31-,33-,36+,42-/m1/s1. The number of hydrogen-bond donors (Lipinski definition) is 2. The van der Waals surface area contributed by atoms with Crippen molar-refractivity contribution in [3.8, 4) is 22.8 Å². The Bertz CT molecular complexity index is 1920. The number of carbonyl (C=O) groups is 3. The minimum atomic E-state index is -3.97. The van der Waals surface area contributed by atoms with Crippen molar-refractivity contribution in [3.63, 3.8) is 0 Å². The van der Waals surface area contributed by atoms with Crippen LogP contribution in [0.4, 0.5) is 0 Å². The molecule has 0 radical (unpaired) electrons. The average molecular weight is 761 g/mol. The highest BCUT2D eigenvalue weighted by atomic mass is 31.2. The zero-order chi connectivity index (χ0) is 38.8. The highest BCUT2D eigenvalue weighted by molar-refractivity contribution is 7.60. The van der Waals surface area contributed by atoms with E-state index in [-0.39, 0.29) is 55.7 Å². The monoisotopic (exact) mass is 760 g/mol. The number of nitrogens with zero attached hydrogens (tertiary/aromatic N) is 2. The van der Waals surface area contributed by atoms with E-state index in [9.17, 15) is 28.9 Å². The number of carbonyl (C=O) groups excluding carboxylic acids is 3. The van der Waals surface area contributed by atoms with Crippen molar-refractivity contribution in [3.05, 3.63) is 67.3 Å². The number of benzene rings is 2. The summed E-state index contributed by atoms with van der Waals surface area (Å²) in [6.45, 7) is 9.09. The van der Waals surface area contributed by atoms with Crippen LogP contribution in [-0.2, 0) is 23.7 Å². The Labute approximate surface area is 317 Å². The summed E-state index contributed by atoms with van der Waals surface area (Å²) in [6, 6.07) is 16.1. The molecule has 12 heteroatoms. The van der Waals surface area contributed by atoms with E-state index in [1.807, 2.05) is 75.4 Å². The number of likely N-dealkylation sites (tertiary alicyclic amines) is 1. The molecular weight excluding hydrogens is 707 g/mol. The quantitative estimate of drug-likeness (QED) is 0.0945. The van der Waals surface area contributed by atoms with Crippen LogP contribution in [-0.4, -0.2) is 87.4 Å². The number of ketones is 1. The van der Waals surface area contributed by atoms with Crippen molar-refractivity contribution in [2.24, 2.45) is 17.3 Å². The second kappa shape index (κ2) is 16.0. The van der Waals surface area contributed by atoms with E-state index < -0.39 is 48.6 Å². The highest BCUT2D eigenvalue weighted by Gasteiger charge is 2.65. The predicted octanol–water partition coefficient (Wildman–Crippen LogP) is 6.96. The Hall–Kier alpha value is -4.05. The van der Waals surface area contributed by atoms with Gasteiger partial charge in [-0.2, -0.15) is 0 Å². The van der Waals surface area contributed by atoms with Gasteiger partial charge in [-0.15, -0.1) is 6.58 Å². The van der Waals surface area contributed by atoms with Gasteiger partial charge in [-0.3, -0.25) is 18.9 Å². The number of fused-ring (bicyclic) bond motifs is 1. The molecule has 2 aliphatic carbocycles. The number of hydrogen-bond acceptors (Lipinski definition) is 9. The molecule has 3 aromatic rings. The van der Waals surface area contributed by atoms with Crippen LogP contribution in [0.25, 0.3) is 22.2 Å². The molecule has 0 spiro atoms. The van der Waals surface area contributed by atoms with Crippen molar-refractivity contribution in [1.29, 1.82) is 0 Å². The van der Waals surface area contributed by atoms with Crippen molar-refractivity contribution in [2.45, 2.75) is 95.5 Å². The zero-order valence-corrected chi connectivity index (χ0v) is 32.6. The number of ether oxygens (including phenoxy) is 3. The molecule has 6 rings (SSSR count). The summed E-state index contributed by atoms with van der Waals surface area (Å²) in [6.07, 6.45) is 4.14. The molecule has 1 aliphatic heterocycles. The second-order valence-corrected chi connectivity index (χ2v) is 18.9. The number of allylic oxidation sites excluding steroid dienone is 1. The molecule has 0 bridgehead atoms. The van der Waals surface area contributed by atoms with Gasteiger partial charge >= 0.3 is 5.97 Å². The van der Waals surface area contributed by atoms with Crippen LogP contribution >= 0.6 is 7.37 Å². The maximum absolute atomic E-state index is 14.7. The van der Waals surface area contributed by atoms with Crippen LogP contribution < -0.4 is 9.47 Å². The maximum atomic E-state index is 14.7. The van der Waals surface area contributed by atoms with Crippen LogP contribution in [0.15, 0.2) is 67.3 Å². The molecule has 2 aromatic carbocycles. The third-order valence-corrected chi connectivity index (χ3v) is 14.4. The maximum Gasteiger partial charge on any atom is 0.306 e. The van der Waals surface area contributed by atoms with Crippen LogP contribution in [0.3, 0.4) is 0 Å². The van der Waals surface area contributed by atoms with Crippen LogP contribution in [0, 0.1) is 17.3 Å². The first-order valence-corrected chi connectivity index (χ1v) is 20.8. The average Bonchev–Trinajstić information content (AvgIpc) is 3.41. The largest absolute Gasteiger partial charge is 0.497 e. The van der Waals surface area contributed by atoms with Gasteiger partial charge in [0.2, 0.25) is 13.3 Å². The van der Waals surface area contributed by atoms with Gasteiger partial charge in [0.05, 0.1) is 55.0 Å². The lowest BCUT2D eigenvalue weighted by atomic mass is 9.77. The summed E-state index contributed by atoms with van der Waals surface area (Å²) in [7, 11) is -2.38. The Morgan fingerprint density at radius 2 is 1.81 bits per heavy atom. The number of aromatic nitrogens is 1. The molecule has 3 fully saturated rings. The Kier molecular flexibility index (Phi) is 11.7. The van der Waals surface area contributed by atoms with Crippen LogP contribution in [0.1, 0.15) is 72.1 Å². The molecule has 1 unspecified atom stereocenters. The Morgan fingerprint density at radius 1 is 1.09 bits per heavy atom. The summed E-state index contributed by atoms with van der Waals surface area (Å²) in [5.74, 6) is -1.18. The SMILES string of the molecule is C=C[C@@H]1C[C@]1(CC(=O)[C@@H]1C[C@@H](Oc2cc(-c3ccccc3)nc3cc(OC)ccc23)CN1C(=O)[C@@H](CC(=O)OC1CCCC1)C(C)(C)C)P(=O)(O)CCO. The number of rotatable bonds is 15. The molecule has 2 N–H and O–H groups in total. The topological polar surface area (TPSA) is 153 Å². The fourth-order valence-corrected chi connectivity index (χ4v) is 10.5. The number of aliphatic hydroxyl groups excluding tert-OH is 1. The molecule has 3 aliphatic rings. The summed E-state index contributed by atoms with van der Waals surface area (Å²) < 4.78 is 31.6. The minimum absolute atomic E-state index is 0.0610. The molecular formula is C42H53N2O9P. The third-order valence-electron chi connectivity index (χ3n) is 11.5. The molecule has 1 saturated heterocycles. The Morgan fingerprint density at radius 3 is 2.44 bits per heavy atom. The molecule has 2 saturated carbocycles. The summed E-state index contributed by atoms with van der Waals surface area (Å²) in [4.78, 5) is 60.0. The molecule has 11 nitrogen and oxygen atoms in total. The van der Waals surface area contributed by atoms with Crippen LogP contribution in [0.5, 0.6) is 11.5 Å². The molecule has 54 heavy (non-hydrogen) atoms. The molecule has 290 valence electrons. The Balaban J connectivity index is 1.34. The zero-order valence-electron chi connectivity index (χ0n) is 31.7. The van der Waals surface area contributed by atoms with Gasteiger partial charge in [-0.25, -0.2) is 4.98 Å². The van der Waals surface area contributed by atoms with Gasteiger partial charge in [0.15, 0.2) is 5.78 Å². The number of methoxy groups -OCH3 is 1. The summed E-state index contributed by atoms with van der Waals surface area (Å²) >= 11 is 0. The van der Waals surface area contributed by atoms with Gasteiger partial charge in [0, 0.05) is 42.1 Å². The molecule has 1 amide bonds. The molecule has 6 atom stereocenters.